The van der Waals surface area contributed by atoms with Gasteiger partial charge in [-0.1, -0.05) is 48.0 Å². The molecule has 0 saturated carbocycles. The first kappa shape index (κ1) is 20.7. The van der Waals surface area contributed by atoms with Crippen molar-refractivity contribution in [2.75, 3.05) is 33.7 Å². The molecular formula is C21H27N3O3S. The smallest absolute Gasteiger partial charge is 0.243 e. The molecule has 0 saturated heterocycles. The number of hydrogen-bond donors (Lipinski definition) is 2. The molecule has 0 bridgehead atoms. The lowest BCUT2D eigenvalue weighted by atomic mass is 10.0. The van der Waals surface area contributed by atoms with E-state index in [2.05, 4.69) is 34.6 Å². The number of nitrogens with zero attached hydrogens (tertiary/aromatic N) is 2. The van der Waals surface area contributed by atoms with Gasteiger partial charge in [-0.25, -0.2) is 13.9 Å². The maximum atomic E-state index is 12.9. The van der Waals surface area contributed by atoms with E-state index in [1.54, 1.807) is 12.1 Å². The Kier molecular flexibility index (Phi) is 6.64. The maximum Gasteiger partial charge on any atom is 0.243 e. The van der Waals surface area contributed by atoms with Crippen LogP contribution in [-0.4, -0.2) is 56.6 Å². The van der Waals surface area contributed by atoms with Gasteiger partial charge < -0.3 is 10.1 Å². The third kappa shape index (κ3) is 4.87. The van der Waals surface area contributed by atoms with Gasteiger partial charge in [0.25, 0.3) is 0 Å². The highest BCUT2D eigenvalue weighted by Gasteiger charge is 2.25. The van der Waals surface area contributed by atoms with Crippen LogP contribution in [0.3, 0.4) is 0 Å². The Labute approximate surface area is 167 Å². The molecule has 0 spiro atoms. The zero-order valence-electron chi connectivity index (χ0n) is 16.3. The van der Waals surface area contributed by atoms with E-state index in [0.717, 1.165) is 23.2 Å². The van der Waals surface area contributed by atoms with Crippen molar-refractivity contribution in [3.05, 3.63) is 65.7 Å². The maximum absolute atomic E-state index is 12.9. The van der Waals surface area contributed by atoms with Crippen LogP contribution in [0.4, 0.5) is 0 Å². The van der Waals surface area contributed by atoms with Crippen LogP contribution in [0, 0.1) is 0 Å². The van der Waals surface area contributed by atoms with Gasteiger partial charge >= 0.3 is 0 Å². The molecule has 1 heterocycles. The second kappa shape index (κ2) is 8.98. The molecule has 0 unspecified atom stereocenters. The van der Waals surface area contributed by atoms with Crippen molar-refractivity contribution in [2.45, 2.75) is 17.9 Å². The molecule has 0 fully saturated rings. The van der Waals surface area contributed by atoms with E-state index in [-0.39, 0.29) is 0 Å². The van der Waals surface area contributed by atoms with Gasteiger partial charge in [0.2, 0.25) is 10.0 Å². The average Bonchev–Trinajstić information content (AvgIpc) is 2.69. The largest absolute Gasteiger partial charge is 0.317 e. The zero-order valence-corrected chi connectivity index (χ0v) is 17.1. The van der Waals surface area contributed by atoms with Gasteiger partial charge in [0, 0.05) is 26.2 Å². The molecule has 0 radical (unpaired) electrons. The lowest BCUT2D eigenvalue weighted by Gasteiger charge is -2.25. The molecule has 0 amide bonds. The minimum Gasteiger partial charge on any atom is -0.317 e. The van der Waals surface area contributed by atoms with Gasteiger partial charge in [-0.2, -0.15) is 4.31 Å². The van der Waals surface area contributed by atoms with Crippen molar-refractivity contribution in [1.82, 2.24) is 14.7 Å². The van der Waals surface area contributed by atoms with Gasteiger partial charge in [0.1, 0.15) is 0 Å². The number of rotatable bonds is 7. The summed E-state index contributed by atoms with van der Waals surface area (Å²) in [6.07, 6.45) is 2.47. The molecule has 7 heteroatoms. The predicted molar refractivity (Wildman–Crippen MR) is 111 cm³/mol. The summed E-state index contributed by atoms with van der Waals surface area (Å²) in [5, 5.41) is 8.77. The van der Waals surface area contributed by atoms with Crippen molar-refractivity contribution in [3.63, 3.8) is 0 Å². The van der Waals surface area contributed by atoms with Gasteiger partial charge in [-0.3, -0.25) is 0 Å². The summed E-state index contributed by atoms with van der Waals surface area (Å²) in [5.41, 5.74) is 6.43. The predicted octanol–water partition coefficient (Wildman–Crippen LogP) is 2.71. The molecular weight excluding hydrogens is 374 g/mol. The van der Waals surface area contributed by atoms with E-state index < -0.39 is 10.0 Å². The van der Waals surface area contributed by atoms with E-state index in [9.17, 15) is 8.42 Å². The monoisotopic (exact) mass is 401 g/mol. The average molecular weight is 402 g/mol. The summed E-state index contributed by atoms with van der Waals surface area (Å²) in [6.45, 7) is 2.01. The van der Waals surface area contributed by atoms with Crippen molar-refractivity contribution >= 4 is 10.0 Å². The van der Waals surface area contributed by atoms with E-state index in [4.69, 9.17) is 5.21 Å². The summed E-state index contributed by atoms with van der Waals surface area (Å²) in [5.74, 6) is 0. The van der Waals surface area contributed by atoms with Crippen LogP contribution >= 0.6 is 0 Å². The molecule has 1 aliphatic rings. The minimum atomic E-state index is -3.52. The lowest BCUT2D eigenvalue weighted by molar-refractivity contribution is 0.175. The van der Waals surface area contributed by atoms with Crippen molar-refractivity contribution in [1.29, 1.82) is 0 Å². The quantitative estimate of drug-likeness (QED) is 0.551. The van der Waals surface area contributed by atoms with E-state index >= 15 is 0 Å². The molecule has 0 aromatic heterocycles. The van der Waals surface area contributed by atoms with Crippen LogP contribution in [0.1, 0.15) is 12.0 Å². The summed E-state index contributed by atoms with van der Waals surface area (Å²) < 4.78 is 27.2. The van der Waals surface area contributed by atoms with Crippen molar-refractivity contribution < 1.29 is 13.6 Å². The van der Waals surface area contributed by atoms with Gasteiger partial charge in [0.05, 0.1) is 4.90 Å². The zero-order chi connectivity index (χ0) is 20.1. The Balaban J connectivity index is 1.73. The van der Waals surface area contributed by atoms with E-state index in [0.29, 0.717) is 31.0 Å². The Morgan fingerprint density at radius 2 is 1.64 bits per heavy atom. The van der Waals surface area contributed by atoms with E-state index in [1.807, 2.05) is 32.3 Å². The van der Waals surface area contributed by atoms with Crippen LogP contribution in [0.15, 0.2) is 65.1 Å². The first-order valence-electron chi connectivity index (χ1n) is 9.29. The molecule has 28 heavy (non-hydrogen) atoms. The topological polar surface area (TPSA) is 72.9 Å². The number of hydrogen-bond acceptors (Lipinski definition) is 5. The Morgan fingerprint density at radius 1 is 1.04 bits per heavy atom. The summed E-state index contributed by atoms with van der Waals surface area (Å²) in [6, 6.07) is 15.4. The third-order valence-electron chi connectivity index (χ3n) is 4.85. The summed E-state index contributed by atoms with van der Waals surface area (Å²) in [4.78, 5) is 2.42. The fraction of sp³-hybridized carbons (Fsp3) is 0.333. The Hall–Kier alpha value is -2.03. The minimum absolute atomic E-state index is 0.303. The number of benzene rings is 2. The molecule has 0 atom stereocenters. The molecule has 2 aromatic rings. The normalized spacial score (nSPS) is 15.6. The SMILES string of the molecule is CN(C)Cc1ccc(-c2ccc(S(=O)(=O)N3CC=C(CNO)CC3)cc2)cc1. The number of hydroxylamine groups is 1. The van der Waals surface area contributed by atoms with Crippen molar-refractivity contribution in [2.24, 2.45) is 0 Å². The molecule has 2 aromatic carbocycles. The highest BCUT2D eigenvalue weighted by atomic mass is 32.2. The molecule has 6 nitrogen and oxygen atoms in total. The summed E-state index contributed by atoms with van der Waals surface area (Å²) in [7, 11) is 0.555. The molecule has 1 aliphatic heterocycles. The van der Waals surface area contributed by atoms with Gasteiger partial charge in [-0.05, 0) is 49.3 Å². The highest BCUT2D eigenvalue weighted by molar-refractivity contribution is 7.89. The van der Waals surface area contributed by atoms with Crippen molar-refractivity contribution in [3.8, 4) is 11.1 Å². The second-order valence-corrected chi connectivity index (χ2v) is 9.21. The van der Waals surface area contributed by atoms with Crippen LogP contribution in [0.25, 0.3) is 11.1 Å². The third-order valence-corrected chi connectivity index (χ3v) is 6.73. The van der Waals surface area contributed by atoms with Crippen LogP contribution in [0.5, 0.6) is 0 Å². The number of nitrogens with one attached hydrogen (secondary N) is 1. The van der Waals surface area contributed by atoms with Crippen LogP contribution in [0.2, 0.25) is 0 Å². The summed E-state index contributed by atoms with van der Waals surface area (Å²) >= 11 is 0. The second-order valence-electron chi connectivity index (χ2n) is 7.27. The van der Waals surface area contributed by atoms with Gasteiger partial charge in [-0.15, -0.1) is 0 Å². The molecule has 0 aliphatic carbocycles. The first-order chi connectivity index (χ1) is 13.4. The van der Waals surface area contributed by atoms with Crippen LogP contribution in [-0.2, 0) is 16.6 Å². The Morgan fingerprint density at radius 3 is 2.14 bits per heavy atom. The van der Waals surface area contributed by atoms with Crippen LogP contribution < -0.4 is 5.48 Å². The Bertz CT molecular complexity index is 920. The molecule has 3 rings (SSSR count). The molecule has 150 valence electrons. The lowest BCUT2D eigenvalue weighted by Crippen LogP contribution is -2.35. The highest BCUT2D eigenvalue weighted by Crippen LogP contribution is 2.25. The van der Waals surface area contributed by atoms with E-state index in [1.165, 1.54) is 9.87 Å². The fourth-order valence-corrected chi connectivity index (χ4v) is 4.69. The van der Waals surface area contributed by atoms with Gasteiger partial charge in [0.15, 0.2) is 0 Å². The fourth-order valence-electron chi connectivity index (χ4n) is 3.31. The number of sulfonamides is 1. The standard InChI is InChI=1S/C21H27N3O3S/c1-23(2)16-18-3-5-19(6-4-18)20-7-9-21(10-8-20)28(26,27)24-13-11-17(12-14-24)15-22-25/h3-11,22,25H,12-16H2,1-2H3. The molecule has 2 N–H and O–H groups in total. The first-order valence-corrected chi connectivity index (χ1v) is 10.7.